The number of allylic oxidation sites excluding steroid dienone is 24. The molecule has 0 rings (SSSR count). The third kappa shape index (κ3) is 62.1. The van der Waals surface area contributed by atoms with Crippen molar-refractivity contribution in [3.63, 3.8) is 0 Å². The Bertz CT molecular complexity index is 1710. The molecule has 0 aliphatic carbocycles. The van der Waals surface area contributed by atoms with E-state index in [2.05, 4.69) is 167 Å². The number of unbranched alkanes of at least 4 members (excludes halogenated alkanes) is 21. The van der Waals surface area contributed by atoms with Gasteiger partial charge in [-0.05, 0) is 135 Å². The molecule has 0 bridgehead atoms. The van der Waals surface area contributed by atoms with E-state index in [4.69, 9.17) is 14.2 Å². The Balaban J connectivity index is 4.44. The molecule has 0 fully saturated rings. The molecule has 1 unspecified atom stereocenters. The summed E-state index contributed by atoms with van der Waals surface area (Å²) in [6.07, 6.45) is 92.8. The highest BCUT2D eigenvalue weighted by atomic mass is 16.6. The molecule has 0 aromatic heterocycles. The van der Waals surface area contributed by atoms with Crippen molar-refractivity contribution in [3.8, 4) is 0 Å². The summed E-state index contributed by atoms with van der Waals surface area (Å²) >= 11 is 0. The lowest BCUT2D eigenvalue weighted by Crippen LogP contribution is -2.30. The van der Waals surface area contributed by atoms with E-state index in [1.807, 2.05) is 0 Å². The lowest BCUT2D eigenvalue weighted by atomic mass is 10.0. The lowest BCUT2D eigenvalue weighted by molar-refractivity contribution is -0.167. The summed E-state index contributed by atoms with van der Waals surface area (Å²) in [7, 11) is 0. The monoisotopic (exact) mass is 1080 g/mol. The van der Waals surface area contributed by atoms with Gasteiger partial charge in [-0.25, -0.2) is 0 Å². The largest absolute Gasteiger partial charge is 0.462 e. The minimum absolute atomic E-state index is 0.106. The maximum absolute atomic E-state index is 12.9. The molecule has 0 aromatic rings. The van der Waals surface area contributed by atoms with Gasteiger partial charge >= 0.3 is 17.9 Å². The van der Waals surface area contributed by atoms with Crippen molar-refractivity contribution in [2.45, 2.75) is 277 Å². The van der Waals surface area contributed by atoms with Crippen LogP contribution in [0.5, 0.6) is 0 Å². The molecule has 0 aliphatic rings. The van der Waals surface area contributed by atoms with Crippen molar-refractivity contribution in [3.05, 3.63) is 146 Å². The van der Waals surface area contributed by atoms with E-state index in [1.165, 1.54) is 83.5 Å². The third-order valence-corrected chi connectivity index (χ3v) is 13.1. The van der Waals surface area contributed by atoms with Crippen LogP contribution in [-0.4, -0.2) is 37.2 Å². The molecule has 0 saturated carbocycles. The van der Waals surface area contributed by atoms with Crippen molar-refractivity contribution in [2.24, 2.45) is 0 Å². The Morgan fingerprint density at radius 2 is 0.500 bits per heavy atom. The number of carbonyl (C=O) groups is 3. The molecule has 0 spiro atoms. The second kappa shape index (κ2) is 64.8. The minimum atomic E-state index is -0.815. The van der Waals surface area contributed by atoms with E-state index in [0.717, 1.165) is 141 Å². The fourth-order valence-corrected chi connectivity index (χ4v) is 8.34. The van der Waals surface area contributed by atoms with Gasteiger partial charge in [0.2, 0.25) is 0 Å². The highest BCUT2D eigenvalue weighted by Crippen LogP contribution is 2.15. The molecule has 440 valence electrons. The lowest BCUT2D eigenvalue weighted by Gasteiger charge is -2.18. The Morgan fingerprint density at radius 1 is 0.269 bits per heavy atom. The smallest absolute Gasteiger partial charge is 0.306 e. The van der Waals surface area contributed by atoms with Gasteiger partial charge in [-0.15, -0.1) is 0 Å². The normalized spacial score (nSPS) is 13.1. The van der Waals surface area contributed by atoms with Crippen LogP contribution in [0.1, 0.15) is 271 Å². The minimum Gasteiger partial charge on any atom is -0.462 e. The SMILES string of the molecule is CC/C=C\C/C=C\C/C=C\C/C=C\C/C=C\C/C=C\CCCCC(=O)OC(COC(=O)CCCCCCC/C=C\C/C=C\CCCC)COC(=O)CCCCCCCCCCCCCC/C=C\C/C=C\C/C=C\C/C=C\CC. The molecule has 6 nitrogen and oxygen atoms in total. The maximum atomic E-state index is 12.9. The van der Waals surface area contributed by atoms with E-state index in [9.17, 15) is 14.4 Å². The molecule has 0 amide bonds. The Hall–Kier alpha value is -4.71. The number of esters is 3. The average Bonchev–Trinajstić information content (AvgIpc) is 3.44. The highest BCUT2D eigenvalue weighted by Gasteiger charge is 2.19. The standard InChI is InChI=1S/C72H116O6/c1-4-7-10-13-16-19-22-25-28-30-32-34-35-36-37-39-40-42-44-47-50-53-56-59-62-65-71(74)77-68-69(67-76-70(73)64-61-58-55-52-49-46-27-24-21-18-15-12-9-6-3)78-72(75)66-63-60-57-54-51-48-45-43-41-38-33-31-29-26-23-20-17-14-11-8-5-2/h7-8,10-11,15-20,24-29,32-34,38,43,45,51,54,69H,4-6,9,12-14,21-23,30-31,35-37,39-42,44,46-50,52-53,55-68H2,1-3H3/b10-7-,11-8-,18-15-,19-16-,20-17-,27-24-,28-25-,29-26-,34-32-,38-33-,45-43-,54-51-. The third-order valence-electron chi connectivity index (χ3n) is 13.1. The summed E-state index contributed by atoms with van der Waals surface area (Å²) in [4.78, 5) is 38.3. The molecule has 6 heteroatoms. The summed E-state index contributed by atoms with van der Waals surface area (Å²) in [6.45, 7) is 6.33. The molecule has 0 heterocycles. The molecule has 0 aromatic carbocycles. The topological polar surface area (TPSA) is 78.9 Å². The number of hydrogen-bond donors (Lipinski definition) is 0. The van der Waals surface area contributed by atoms with Crippen molar-refractivity contribution >= 4 is 17.9 Å². The summed E-state index contributed by atoms with van der Waals surface area (Å²) in [5, 5.41) is 0. The van der Waals surface area contributed by atoms with E-state index in [0.29, 0.717) is 19.3 Å². The second-order valence-electron chi connectivity index (χ2n) is 20.5. The summed E-state index contributed by atoms with van der Waals surface area (Å²) in [5.41, 5.74) is 0. The fraction of sp³-hybridized carbons (Fsp3) is 0.625. The zero-order valence-corrected chi connectivity index (χ0v) is 50.4. The van der Waals surface area contributed by atoms with Crippen LogP contribution in [0.4, 0.5) is 0 Å². The molecule has 0 aliphatic heterocycles. The van der Waals surface area contributed by atoms with Gasteiger partial charge in [0.15, 0.2) is 6.10 Å². The first-order chi connectivity index (χ1) is 38.5. The first kappa shape index (κ1) is 73.3. The predicted molar refractivity (Wildman–Crippen MR) is 339 cm³/mol. The van der Waals surface area contributed by atoms with Crippen LogP contribution in [0, 0.1) is 0 Å². The van der Waals surface area contributed by atoms with Crippen LogP contribution < -0.4 is 0 Å². The molecular weight excluding hydrogens is 961 g/mol. The van der Waals surface area contributed by atoms with Gasteiger partial charge < -0.3 is 14.2 Å². The second-order valence-corrected chi connectivity index (χ2v) is 20.5. The van der Waals surface area contributed by atoms with Gasteiger partial charge in [-0.1, -0.05) is 263 Å². The predicted octanol–water partition coefficient (Wildman–Crippen LogP) is 21.9. The van der Waals surface area contributed by atoms with E-state index >= 15 is 0 Å². The Kier molecular flexibility index (Phi) is 60.9. The van der Waals surface area contributed by atoms with Gasteiger partial charge in [-0.2, -0.15) is 0 Å². The van der Waals surface area contributed by atoms with Gasteiger partial charge in [0.25, 0.3) is 0 Å². The highest BCUT2D eigenvalue weighted by molar-refractivity contribution is 5.71. The van der Waals surface area contributed by atoms with Gasteiger partial charge in [0.1, 0.15) is 13.2 Å². The van der Waals surface area contributed by atoms with Crippen LogP contribution in [0.3, 0.4) is 0 Å². The molecule has 78 heavy (non-hydrogen) atoms. The van der Waals surface area contributed by atoms with Crippen LogP contribution in [-0.2, 0) is 28.6 Å². The Labute approximate surface area is 480 Å². The van der Waals surface area contributed by atoms with Crippen molar-refractivity contribution in [1.82, 2.24) is 0 Å². The first-order valence-electron chi connectivity index (χ1n) is 31.8. The van der Waals surface area contributed by atoms with E-state index < -0.39 is 6.10 Å². The molecular formula is C72H116O6. The van der Waals surface area contributed by atoms with Crippen LogP contribution >= 0.6 is 0 Å². The van der Waals surface area contributed by atoms with Crippen molar-refractivity contribution in [2.75, 3.05) is 13.2 Å². The summed E-state index contributed by atoms with van der Waals surface area (Å²) in [6, 6.07) is 0. The quantitative estimate of drug-likeness (QED) is 0.0261. The van der Waals surface area contributed by atoms with Crippen LogP contribution in [0.2, 0.25) is 0 Å². The zero-order chi connectivity index (χ0) is 56.4. The number of carbonyl (C=O) groups excluding carboxylic acids is 3. The fourth-order valence-electron chi connectivity index (χ4n) is 8.34. The number of hydrogen-bond acceptors (Lipinski definition) is 6. The summed E-state index contributed by atoms with van der Waals surface area (Å²) < 4.78 is 16.9. The molecule has 0 radical (unpaired) electrons. The molecule has 0 N–H and O–H groups in total. The summed E-state index contributed by atoms with van der Waals surface area (Å²) in [5.74, 6) is -0.966. The van der Waals surface area contributed by atoms with E-state index in [-0.39, 0.29) is 37.5 Å². The number of ether oxygens (including phenoxy) is 3. The van der Waals surface area contributed by atoms with E-state index in [1.54, 1.807) is 0 Å². The van der Waals surface area contributed by atoms with Crippen molar-refractivity contribution in [1.29, 1.82) is 0 Å². The molecule has 1 atom stereocenters. The van der Waals surface area contributed by atoms with Gasteiger partial charge in [-0.3, -0.25) is 14.4 Å². The maximum Gasteiger partial charge on any atom is 0.306 e. The number of rotatable bonds is 56. The van der Waals surface area contributed by atoms with Gasteiger partial charge in [0, 0.05) is 19.3 Å². The van der Waals surface area contributed by atoms with Crippen LogP contribution in [0.25, 0.3) is 0 Å². The van der Waals surface area contributed by atoms with Crippen LogP contribution in [0.15, 0.2) is 146 Å². The zero-order valence-electron chi connectivity index (χ0n) is 50.4. The average molecular weight is 1080 g/mol. The van der Waals surface area contributed by atoms with Crippen molar-refractivity contribution < 1.29 is 28.6 Å². The Morgan fingerprint density at radius 3 is 0.808 bits per heavy atom. The molecule has 0 saturated heterocycles. The first-order valence-corrected chi connectivity index (χ1v) is 31.8. The van der Waals surface area contributed by atoms with Gasteiger partial charge in [0.05, 0.1) is 0 Å².